The molecular weight excluding hydrogens is 440 g/mol. The molecule has 1 saturated heterocycles. The molecule has 0 bridgehead atoms. The third-order valence-corrected chi connectivity index (χ3v) is 8.14. The predicted octanol–water partition coefficient (Wildman–Crippen LogP) is 3.42. The van der Waals surface area contributed by atoms with E-state index in [2.05, 4.69) is 10.3 Å². The third kappa shape index (κ3) is 4.65. The number of aromatic nitrogens is 1. The number of primary amides is 1. The number of nitrogens with zero attached hydrogens (tertiary/aromatic N) is 1. The topological polar surface area (TPSA) is 125 Å². The van der Waals surface area contributed by atoms with E-state index >= 15 is 0 Å². The van der Waals surface area contributed by atoms with Gasteiger partial charge in [0.15, 0.2) is 0 Å². The maximum absolute atomic E-state index is 12.3. The van der Waals surface area contributed by atoms with Crippen LogP contribution < -0.4 is 11.1 Å². The van der Waals surface area contributed by atoms with Crippen LogP contribution in [0.5, 0.6) is 0 Å². The van der Waals surface area contributed by atoms with Gasteiger partial charge >= 0.3 is 0 Å². The smallest absolute Gasteiger partial charge is 0.250 e. The number of nitrogens with two attached hydrogens (primary N) is 1. The Kier molecular flexibility index (Phi) is 6.27. The average molecular weight is 469 g/mol. The van der Waals surface area contributed by atoms with Gasteiger partial charge in [-0.25, -0.2) is 12.7 Å². The summed E-state index contributed by atoms with van der Waals surface area (Å²) in [6.45, 7) is 4.07. The number of benzene rings is 2. The molecule has 0 radical (unpaired) electrons. The van der Waals surface area contributed by atoms with Crippen LogP contribution in [-0.2, 0) is 14.8 Å². The van der Waals surface area contributed by atoms with Crippen molar-refractivity contribution in [3.63, 3.8) is 0 Å². The standard InChI is InChI=1S/C24H28N4O4S/c1-3-33(31,32)28-9-7-16(8-10-28)22-14-26-23-20(22)12-18(13-21(23)24(25)30)17-5-4-6-19(11-17)27-15(2)29/h4-6,11-14,16,26H,3,7-10H2,1-2H3,(H2,25,30)(H,27,29). The number of anilines is 1. The summed E-state index contributed by atoms with van der Waals surface area (Å²) in [7, 11) is -3.20. The fraction of sp³-hybridized carbons (Fsp3) is 0.333. The maximum Gasteiger partial charge on any atom is 0.250 e. The van der Waals surface area contributed by atoms with Crippen LogP contribution in [0.2, 0.25) is 0 Å². The molecule has 1 aliphatic rings. The van der Waals surface area contributed by atoms with Crippen molar-refractivity contribution in [2.75, 3.05) is 24.2 Å². The van der Waals surface area contributed by atoms with Crippen molar-refractivity contribution in [1.29, 1.82) is 0 Å². The van der Waals surface area contributed by atoms with Gasteiger partial charge in [-0.15, -0.1) is 0 Å². The zero-order chi connectivity index (χ0) is 23.8. The second-order valence-electron chi connectivity index (χ2n) is 8.39. The highest BCUT2D eigenvalue weighted by atomic mass is 32.2. The highest BCUT2D eigenvalue weighted by Gasteiger charge is 2.29. The van der Waals surface area contributed by atoms with Gasteiger partial charge in [0.25, 0.3) is 5.91 Å². The SMILES string of the molecule is CCS(=O)(=O)N1CCC(c2c[nH]c3c(C(N)=O)cc(-c4cccc(NC(C)=O)c4)cc23)CC1. The van der Waals surface area contributed by atoms with Crippen LogP contribution in [0.25, 0.3) is 22.0 Å². The highest BCUT2D eigenvalue weighted by molar-refractivity contribution is 7.89. The molecule has 2 heterocycles. The quantitative estimate of drug-likeness (QED) is 0.512. The van der Waals surface area contributed by atoms with Crippen molar-refractivity contribution in [3.05, 3.63) is 53.7 Å². The molecule has 4 N–H and O–H groups in total. The van der Waals surface area contributed by atoms with Gasteiger partial charge in [-0.1, -0.05) is 12.1 Å². The Morgan fingerprint density at radius 1 is 1.15 bits per heavy atom. The number of H-pyrrole nitrogens is 1. The summed E-state index contributed by atoms with van der Waals surface area (Å²) in [4.78, 5) is 26.9. The van der Waals surface area contributed by atoms with Crippen LogP contribution in [0.15, 0.2) is 42.6 Å². The summed E-state index contributed by atoms with van der Waals surface area (Å²) < 4.78 is 26.0. The van der Waals surface area contributed by atoms with Crippen molar-refractivity contribution in [3.8, 4) is 11.1 Å². The molecule has 1 aliphatic heterocycles. The number of carbonyl (C=O) groups is 2. The minimum atomic E-state index is -3.20. The van der Waals surface area contributed by atoms with Crippen molar-refractivity contribution in [2.24, 2.45) is 5.73 Å². The lowest BCUT2D eigenvalue weighted by atomic mass is 9.88. The van der Waals surface area contributed by atoms with Crippen molar-refractivity contribution in [1.82, 2.24) is 9.29 Å². The average Bonchev–Trinajstić information content (AvgIpc) is 3.22. The summed E-state index contributed by atoms with van der Waals surface area (Å²) in [6.07, 6.45) is 3.32. The number of amides is 2. The van der Waals surface area contributed by atoms with Gasteiger partial charge in [-0.3, -0.25) is 9.59 Å². The number of hydrogen-bond acceptors (Lipinski definition) is 4. The van der Waals surface area contributed by atoms with E-state index in [1.54, 1.807) is 23.4 Å². The molecule has 1 aromatic heterocycles. The molecule has 2 aromatic carbocycles. The number of hydrogen-bond donors (Lipinski definition) is 3. The minimum Gasteiger partial charge on any atom is -0.366 e. The Hall–Kier alpha value is -3.17. The molecule has 9 heteroatoms. The highest BCUT2D eigenvalue weighted by Crippen LogP contribution is 2.37. The summed E-state index contributed by atoms with van der Waals surface area (Å²) in [6, 6.07) is 11.2. The number of fused-ring (bicyclic) bond motifs is 1. The first-order valence-corrected chi connectivity index (χ1v) is 12.6. The largest absolute Gasteiger partial charge is 0.366 e. The molecule has 0 unspecified atom stereocenters. The molecule has 3 aromatic rings. The van der Waals surface area contributed by atoms with Gasteiger partial charge < -0.3 is 16.0 Å². The van der Waals surface area contributed by atoms with E-state index in [1.807, 2.05) is 30.5 Å². The number of rotatable bonds is 6. The second kappa shape index (κ2) is 8.99. The Labute approximate surface area is 193 Å². The Bertz CT molecular complexity index is 1320. The fourth-order valence-electron chi connectivity index (χ4n) is 4.56. The van der Waals surface area contributed by atoms with Gasteiger partial charge in [-0.05, 0) is 66.6 Å². The van der Waals surface area contributed by atoms with Crippen LogP contribution >= 0.6 is 0 Å². The monoisotopic (exact) mass is 468 g/mol. The lowest BCUT2D eigenvalue weighted by Gasteiger charge is -2.31. The number of aromatic amines is 1. The van der Waals surface area contributed by atoms with Gasteiger partial charge in [0.2, 0.25) is 15.9 Å². The molecular formula is C24H28N4O4S. The van der Waals surface area contributed by atoms with E-state index in [0.29, 0.717) is 42.7 Å². The van der Waals surface area contributed by atoms with Crippen LogP contribution in [0.3, 0.4) is 0 Å². The van der Waals surface area contributed by atoms with Crippen LogP contribution in [-0.4, -0.2) is 48.4 Å². The Balaban J connectivity index is 1.73. The van der Waals surface area contributed by atoms with Crippen molar-refractivity contribution < 1.29 is 18.0 Å². The van der Waals surface area contributed by atoms with E-state index in [-0.39, 0.29) is 17.6 Å². The van der Waals surface area contributed by atoms with E-state index in [0.717, 1.165) is 22.1 Å². The van der Waals surface area contributed by atoms with Crippen LogP contribution in [0.1, 0.15) is 48.5 Å². The van der Waals surface area contributed by atoms with Gasteiger partial charge in [0.1, 0.15) is 0 Å². The molecule has 4 rings (SSSR count). The first-order chi connectivity index (χ1) is 15.7. The molecule has 2 amide bonds. The van der Waals surface area contributed by atoms with E-state index < -0.39 is 15.9 Å². The lowest BCUT2D eigenvalue weighted by molar-refractivity contribution is -0.114. The number of piperidine rings is 1. The number of nitrogens with one attached hydrogen (secondary N) is 2. The second-order valence-corrected chi connectivity index (χ2v) is 10.6. The summed E-state index contributed by atoms with van der Waals surface area (Å²) >= 11 is 0. The summed E-state index contributed by atoms with van der Waals surface area (Å²) in [5, 5.41) is 3.68. The Morgan fingerprint density at radius 2 is 1.88 bits per heavy atom. The minimum absolute atomic E-state index is 0.105. The predicted molar refractivity (Wildman–Crippen MR) is 130 cm³/mol. The molecule has 1 fully saturated rings. The molecule has 33 heavy (non-hydrogen) atoms. The summed E-state index contributed by atoms with van der Waals surface area (Å²) in [5.41, 5.74) is 10.2. The normalized spacial score (nSPS) is 15.6. The first-order valence-electron chi connectivity index (χ1n) is 11.0. The molecule has 0 atom stereocenters. The Morgan fingerprint density at radius 3 is 2.52 bits per heavy atom. The first kappa shape index (κ1) is 23.0. The van der Waals surface area contributed by atoms with E-state index in [9.17, 15) is 18.0 Å². The van der Waals surface area contributed by atoms with Gasteiger partial charge in [-0.2, -0.15) is 0 Å². The third-order valence-electron chi connectivity index (χ3n) is 6.26. The zero-order valence-electron chi connectivity index (χ0n) is 18.7. The molecule has 174 valence electrons. The fourth-order valence-corrected chi connectivity index (χ4v) is 5.69. The number of sulfonamides is 1. The van der Waals surface area contributed by atoms with Crippen molar-refractivity contribution >= 4 is 38.4 Å². The zero-order valence-corrected chi connectivity index (χ0v) is 19.5. The van der Waals surface area contributed by atoms with E-state index in [4.69, 9.17) is 5.73 Å². The molecule has 0 aliphatic carbocycles. The van der Waals surface area contributed by atoms with E-state index in [1.165, 1.54) is 6.92 Å². The van der Waals surface area contributed by atoms with Gasteiger partial charge in [0, 0.05) is 37.3 Å². The van der Waals surface area contributed by atoms with Gasteiger partial charge in [0.05, 0.1) is 16.8 Å². The molecule has 0 spiro atoms. The summed E-state index contributed by atoms with van der Waals surface area (Å²) in [5.74, 6) is -0.418. The number of carbonyl (C=O) groups excluding carboxylic acids is 2. The lowest BCUT2D eigenvalue weighted by Crippen LogP contribution is -2.38. The van der Waals surface area contributed by atoms with Crippen LogP contribution in [0.4, 0.5) is 5.69 Å². The molecule has 0 saturated carbocycles. The van der Waals surface area contributed by atoms with Crippen molar-refractivity contribution in [2.45, 2.75) is 32.6 Å². The maximum atomic E-state index is 12.3. The van der Waals surface area contributed by atoms with Crippen LogP contribution in [0, 0.1) is 0 Å². The molecule has 8 nitrogen and oxygen atoms in total.